The summed E-state index contributed by atoms with van der Waals surface area (Å²) in [7, 11) is 1.75. The molecule has 0 aliphatic heterocycles. The molecule has 0 amide bonds. The van der Waals surface area contributed by atoms with E-state index >= 15 is 0 Å². The molecule has 0 radical (unpaired) electrons. The minimum atomic E-state index is 0.627. The smallest absolute Gasteiger partial charge is 0.0637 e. The van der Waals surface area contributed by atoms with Gasteiger partial charge >= 0.3 is 0 Å². The third-order valence-corrected chi connectivity index (χ3v) is 3.05. The van der Waals surface area contributed by atoms with Gasteiger partial charge in [0.25, 0.3) is 0 Å². The normalized spacial score (nSPS) is 11.1. The van der Waals surface area contributed by atoms with Crippen LogP contribution in [0, 0.1) is 5.92 Å². The highest BCUT2D eigenvalue weighted by molar-refractivity contribution is 5.46. The zero-order valence-electron chi connectivity index (χ0n) is 13.4. The lowest BCUT2D eigenvalue weighted by Gasteiger charge is -2.26. The quantitative estimate of drug-likeness (QED) is 0.668. The molecular weight excluding hydrogens is 250 g/mol. The Morgan fingerprint density at radius 2 is 2.20 bits per heavy atom. The topological polar surface area (TPSA) is 37.4 Å². The van der Waals surface area contributed by atoms with Crippen LogP contribution in [0.25, 0.3) is 0 Å². The fourth-order valence-electron chi connectivity index (χ4n) is 2.12. The SMILES string of the molecule is CCCNCc1cc(N(CCOC)CC(C)C)ccn1. The van der Waals surface area contributed by atoms with Crippen LogP contribution >= 0.6 is 0 Å². The van der Waals surface area contributed by atoms with E-state index in [1.54, 1.807) is 7.11 Å². The maximum absolute atomic E-state index is 5.22. The fourth-order valence-corrected chi connectivity index (χ4v) is 2.12. The highest BCUT2D eigenvalue weighted by Gasteiger charge is 2.09. The van der Waals surface area contributed by atoms with Crippen molar-refractivity contribution in [1.82, 2.24) is 10.3 Å². The maximum atomic E-state index is 5.22. The lowest BCUT2D eigenvalue weighted by Crippen LogP contribution is -2.31. The molecule has 0 unspecified atom stereocenters. The van der Waals surface area contributed by atoms with E-state index in [1.165, 1.54) is 5.69 Å². The molecule has 1 rings (SSSR count). The second-order valence-corrected chi connectivity index (χ2v) is 5.51. The molecule has 1 N–H and O–H groups in total. The van der Waals surface area contributed by atoms with Gasteiger partial charge in [-0.05, 0) is 31.0 Å². The summed E-state index contributed by atoms with van der Waals surface area (Å²) in [6, 6.07) is 4.27. The van der Waals surface area contributed by atoms with E-state index in [9.17, 15) is 0 Å². The van der Waals surface area contributed by atoms with E-state index < -0.39 is 0 Å². The Bertz CT molecular complexity index is 368. The summed E-state index contributed by atoms with van der Waals surface area (Å²) >= 11 is 0. The number of ether oxygens (including phenoxy) is 1. The molecule has 1 aromatic heterocycles. The number of pyridine rings is 1. The van der Waals surface area contributed by atoms with Gasteiger partial charge in [-0.3, -0.25) is 4.98 Å². The molecule has 114 valence electrons. The largest absolute Gasteiger partial charge is 0.383 e. The van der Waals surface area contributed by atoms with Crippen molar-refractivity contribution in [2.75, 3.05) is 38.3 Å². The van der Waals surface area contributed by atoms with Crippen LogP contribution in [0.15, 0.2) is 18.3 Å². The molecule has 0 aliphatic rings. The van der Waals surface area contributed by atoms with Crippen molar-refractivity contribution in [2.24, 2.45) is 5.92 Å². The summed E-state index contributed by atoms with van der Waals surface area (Å²) < 4.78 is 5.22. The van der Waals surface area contributed by atoms with E-state index in [0.717, 1.165) is 44.9 Å². The monoisotopic (exact) mass is 279 g/mol. The fraction of sp³-hybridized carbons (Fsp3) is 0.688. The second kappa shape index (κ2) is 9.72. The Kier molecular flexibility index (Phi) is 8.23. The first-order chi connectivity index (χ1) is 9.67. The Hall–Kier alpha value is -1.13. The Morgan fingerprint density at radius 3 is 2.85 bits per heavy atom. The van der Waals surface area contributed by atoms with Crippen molar-refractivity contribution in [1.29, 1.82) is 0 Å². The molecule has 0 atom stereocenters. The average Bonchev–Trinajstić information content (AvgIpc) is 2.44. The van der Waals surface area contributed by atoms with Crippen LogP contribution in [-0.2, 0) is 11.3 Å². The second-order valence-electron chi connectivity index (χ2n) is 5.51. The van der Waals surface area contributed by atoms with E-state index in [-0.39, 0.29) is 0 Å². The first-order valence-corrected chi connectivity index (χ1v) is 7.56. The van der Waals surface area contributed by atoms with Crippen molar-refractivity contribution < 1.29 is 4.74 Å². The maximum Gasteiger partial charge on any atom is 0.0637 e. The van der Waals surface area contributed by atoms with Gasteiger partial charge in [0.15, 0.2) is 0 Å². The van der Waals surface area contributed by atoms with Crippen LogP contribution in [0.4, 0.5) is 5.69 Å². The summed E-state index contributed by atoms with van der Waals surface area (Å²) in [6.07, 6.45) is 3.05. The van der Waals surface area contributed by atoms with E-state index in [4.69, 9.17) is 4.74 Å². The summed E-state index contributed by atoms with van der Waals surface area (Å²) in [4.78, 5) is 6.81. The van der Waals surface area contributed by atoms with Crippen molar-refractivity contribution in [3.05, 3.63) is 24.0 Å². The molecule has 0 saturated heterocycles. The van der Waals surface area contributed by atoms with Crippen LogP contribution < -0.4 is 10.2 Å². The van der Waals surface area contributed by atoms with E-state index in [1.807, 2.05) is 6.20 Å². The van der Waals surface area contributed by atoms with Gasteiger partial charge in [0.2, 0.25) is 0 Å². The first kappa shape index (κ1) is 16.9. The minimum absolute atomic E-state index is 0.627. The van der Waals surface area contributed by atoms with E-state index in [2.05, 4.69) is 48.1 Å². The zero-order chi connectivity index (χ0) is 14.8. The van der Waals surface area contributed by atoms with Crippen molar-refractivity contribution >= 4 is 5.69 Å². The highest BCUT2D eigenvalue weighted by Crippen LogP contribution is 2.16. The molecule has 0 fully saturated rings. The molecule has 1 aromatic rings. The number of nitrogens with one attached hydrogen (secondary N) is 1. The molecular formula is C16H29N3O. The third-order valence-electron chi connectivity index (χ3n) is 3.05. The Balaban J connectivity index is 2.70. The van der Waals surface area contributed by atoms with Gasteiger partial charge in [0.05, 0.1) is 12.3 Å². The van der Waals surface area contributed by atoms with Crippen LogP contribution in [0.3, 0.4) is 0 Å². The summed E-state index contributed by atoms with van der Waals surface area (Å²) in [5.41, 5.74) is 2.33. The van der Waals surface area contributed by atoms with Gasteiger partial charge in [0.1, 0.15) is 0 Å². The Morgan fingerprint density at radius 1 is 1.40 bits per heavy atom. The first-order valence-electron chi connectivity index (χ1n) is 7.56. The average molecular weight is 279 g/mol. The molecule has 4 nitrogen and oxygen atoms in total. The summed E-state index contributed by atoms with van der Waals surface area (Å²) in [5.74, 6) is 0.627. The van der Waals surface area contributed by atoms with Gasteiger partial charge in [-0.2, -0.15) is 0 Å². The van der Waals surface area contributed by atoms with E-state index in [0.29, 0.717) is 5.92 Å². The van der Waals surface area contributed by atoms with Gasteiger partial charge in [-0.1, -0.05) is 20.8 Å². The molecule has 20 heavy (non-hydrogen) atoms. The molecule has 4 heteroatoms. The summed E-state index contributed by atoms with van der Waals surface area (Å²) in [5, 5.41) is 3.40. The van der Waals surface area contributed by atoms with Gasteiger partial charge in [0, 0.05) is 38.6 Å². The van der Waals surface area contributed by atoms with Crippen LogP contribution in [0.1, 0.15) is 32.9 Å². The third kappa shape index (κ3) is 6.35. The molecule has 0 spiro atoms. The number of hydrogen-bond donors (Lipinski definition) is 1. The Labute approximate surface area is 123 Å². The van der Waals surface area contributed by atoms with Crippen LogP contribution in [-0.4, -0.2) is 38.3 Å². The zero-order valence-corrected chi connectivity index (χ0v) is 13.4. The summed E-state index contributed by atoms with van der Waals surface area (Å²) in [6.45, 7) is 11.2. The van der Waals surface area contributed by atoms with Crippen molar-refractivity contribution in [3.63, 3.8) is 0 Å². The van der Waals surface area contributed by atoms with Crippen LogP contribution in [0.5, 0.6) is 0 Å². The highest BCUT2D eigenvalue weighted by atomic mass is 16.5. The van der Waals surface area contributed by atoms with Crippen molar-refractivity contribution in [2.45, 2.75) is 33.7 Å². The van der Waals surface area contributed by atoms with Gasteiger partial charge < -0.3 is 15.0 Å². The minimum Gasteiger partial charge on any atom is -0.383 e. The standard InChI is InChI=1S/C16H29N3O/c1-5-7-17-12-15-11-16(6-8-18-15)19(9-10-20-4)13-14(2)3/h6,8,11,14,17H,5,7,9-10,12-13H2,1-4H3. The molecule has 0 aliphatic carbocycles. The van der Waals surface area contributed by atoms with Gasteiger partial charge in [-0.25, -0.2) is 0 Å². The lowest BCUT2D eigenvalue weighted by molar-refractivity contribution is 0.204. The number of nitrogens with zero attached hydrogens (tertiary/aromatic N) is 2. The predicted octanol–water partition coefficient (Wildman–Crippen LogP) is 2.69. The number of aromatic nitrogens is 1. The molecule has 0 bridgehead atoms. The lowest BCUT2D eigenvalue weighted by atomic mass is 10.2. The van der Waals surface area contributed by atoms with Crippen LogP contribution in [0.2, 0.25) is 0 Å². The number of anilines is 1. The van der Waals surface area contributed by atoms with Gasteiger partial charge in [-0.15, -0.1) is 0 Å². The predicted molar refractivity (Wildman–Crippen MR) is 85.2 cm³/mol. The number of rotatable bonds is 10. The molecule has 0 aromatic carbocycles. The number of methoxy groups -OCH3 is 1. The molecule has 1 heterocycles. The molecule has 0 saturated carbocycles. The number of hydrogen-bond acceptors (Lipinski definition) is 4. The van der Waals surface area contributed by atoms with Crippen molar-refractivity contribution in [3.8, 4) is 0 Å².